The molecule has 1 amide bonds. The van der Waals surface area contributed by atoms with Crippen molar-refractivity contribution in [2.75, 3.05) is 11.9 Å². The van der Waals surface area contributed by atoms with Crippen molar-refractivity contribution in [2.45, 2.75) is 38.1 Å². The fourth-order valence-corrected chi connectivity index (χ4v) is 4.69. The largest absolute Gasteiger partial charge is 0.326 e. The fourth-order valence-electron chi connectivity index (χ4n) is 4.21. The van der Waals surface area contributed by atoms with E-state index in [1.54, 1.807) is 0 Å². The number of rotatable bonds is 5. The van der Waals surface area contributed by atoms with E-state index in [0.29, 0.717) is 5.92 Å². The minimum atomic E-state index is 0.128. The summed E-state index contributed by atoms with van der Waals surface area (Å²) in [6.07, 6.45) is 4.01. The lowest BCUT2D eigenvalue weighted by molar-refractivity contribution is -0.120. The quantitative estimate of drug-likeness (QED) is 0.694. The number of benzene rings is 2. The van der Waals surface area contributed by atoms with Crippen LogP contribution in [0.15, 0.2) is 36.4 Å². The molecule has 1 aliphatic heterocycles. The van der Waals surface area contributed by atoms with Crippen LogP contribution in [0.3, 0.4) is 0 Å². The van der Waals surface area contributed by atoms with Gasteiger partial charge in [0, 0.05) is 28.2 Å². The number of carbonyl (C=O) groups excluding carboxylic acids is 1. The summed E-state index contributed by atoms with van der Waals surface area (Å²) >= 11 is 12.6. The maximum absolute atomic E-state index is 12.3. The van der Waals surface area contributed by atoms with E-state index in [1.165, 1.54) is 5.56 Å². The van der Waals surface area contributed by atoms with Gasteiger partial charge in [0.15, 0.2) is 0 Å². The average Bonchev–Trinajstić information content (AvgIpc) is 3.11. The normalized spacial score (nSPS) is 21.2. The van der Waals surface area contributed by atoms with Gasteiger partial charge in [-0.1, -0.05) is 41.8 Å². The number of hydrogen-bond acceptors (Lipinski definition) is 2. The maximum Gasteiger partial charge on any atom is 0.228 e. The predicted octanol–water partition coefficient (Wildman–Crippen LogP) is 5.16. The molecule has 0 saturated heterocycles. The van der Waals surface area contributed by atoms with E-state index in [4.69, 9.17) is 23.2 Å². The van der Waals surface area contributed by atoms with E-state index in [1.807, 2.05) is 18.2 Å². The molecule has 1 fully saturated rings. The van der Waals surface area contributed by atoms with Gasteiger partial charge in [-0.05, 0) is 72.7 Å². The Kier molecular flexibility index (Phi) is 5.21. The molecule has 26 heavy (non-hydrogen) atoms. The van der Waals surface area contributed by atoms with Crippen LogP contribution in [-0.2, 0) is 17.8 Å². The van der Waals surface area contributed by atoms with Crippen LogP contribution in [0.5, 0.6) is 0 Å². The molecule has 2 aromatic carbocycles. The standard InChI is InChI=1S/C21H22Cl2N2O/c22-15-4-1-3-13(9-15)12-24-8-7-14-10-20-18(11-19(14)23)16-5-2-6-17(16)21(26)25-20/h1,3-4,9-11,16-17,24H,2,5-8,12H2,(H,25,26). The van der Waals surface area contributed by atoms with Crippen molar-refractivity contribution in [1.82, 2.24) is 5.32 Å². The van der Waals surface area contributed by atoms with Gasteiger partial charge in [-0.25, -0.2) is 0 Å². The van der Waals surface area contributed by atoms with Crippen LogP contribution in [0, 0.1) is 5.92 Å². The van der Waals surface area contributed by atoms with Gasteiger partial charge in [0.1, 0.15) is 0 Å². The molecule has 5 heteroatoms. The van der Waals surface area contributed by atoms with Crippen LogP contribution in [0.2, 0.25) is 10.0 Å². The summed E-state index contributed by atoms with van der Waals surface area (Å²) in [6, 6.07) is 12.0. The molecule has 2 aliphatic rings. The molecule has 2 N–H and O–H groups in total. The van der Waals surface area contributed by atoms with Crippen LogP contribution in [0.4, 0.5) is 5.69 Å². The van der Waals surface area contributed by atoms with Crippen LogP contribution >= 0.6 is 23.2 Å². The Hall–Kier alpha value is -1.55. The Morgan fingerprint density at radius 1 is 1.12 bits per heavy atom. The molecular weight excluding hydrogens is 367 g/mol. The summed E-state index contributed by atoms with van der Waals surface area (Å²) in [5.41, 5.74) is 4.40. The van der Waals surface area contributed by atoms with Gasteiger partial charge >= 0.3 is 0 Å². The summed E-state index contributed by atoms with van der Waals surface area (Å²) in [6.45, 7) is 1.58. The van der Waals surface area contributed by atoms with Crippen molar-refractivity contribution in [3.63, 3.8) is 0 Å². The molecule has 0 aromatic heterocycles. The number of fused-ring (bicyclic) bond motifs is 3. The van der Waals surface area contributed by atoms with Crippen molar-refractivity contribution >= 4 is 34.8 Å². The lowest BCUT2D eigenvalue weighted by atomic mass is 9.83. The van der Waals surface area contributed by atoms with Gasteiger partial charge in [0.05, 0.1) is 0 Å². The average molecular weight is 389 g/mol. The molecule has 136 valence electrons. The second-order valence-corrected chi connectivity index (χ2v) is 8.06. The number of nitrogens with one attached hydrogen (secondary N) is 2. The molecule has 0 bridgehead atoms. The first kappa shape index (κ1) is 17.8. The zero-order valence-electron chi connectivity index (χ0n) is 14.5. The van der Waals surface area contributed by atoms with Crippen molar-refractivity contribution in [3.8, 4) is 0 Å². The number of hydrogen-bond donors (Lipinski definition) is 2. The second kappa shape index (κ2) is 7.59. The third-order valence-electron chi connectivity index (χ3n) is 5.52. The number of anilines is 1. The molecule has 4 rings (SSSR count). The molecule has 1 saturated carbocycles. The van der Waals surface area contributed by atoms with Gasteiger partial charge in [0.25, 0.3) is 0 Å². The maximum atomic E-state index is 12.3. The van der Waals surface area contributed by atoms with Gasteiger partial charge < -0.3 is 10.6 Å². The number of amides is 1. The molecular formula is C21H22Cl2N2O. The highest BCUT2D eigenvalue weighted by atomic mass is 35.5. The SMILES string of the molecule is O=C1Nc2cc(CCNCc3cccc(Cl)c3)c(Cl)cc2C2CCCC12. The summed E-state index contributed by atoms with van der Waals surface area (Å²) < 4.78 is 0. The summed E-state index contributed by atoms with van der Waals surface area (Å²) in [7, 11) is 0. The van der Waals surface area contributed by atoms with Crippen LogP contribution < -0.4 is 10.6 Å². The zero-order chi connectivity index (χ0) is 18.1. The molecule has 1 aliphatic carbocycles. The lowest BCUT2D eigenvalue weighted by Gasteiger charge is -2.29. The number of carbonyl (C=O) groups is 1. The van der Waals surface area contributed by atoms with Crippen molar-refractivity contribution in [1.29, 1.82) is 0 Å². The van der Waals surface area contributed by atoms with Crippen molar-refractivity contribution in [2.24, 2.45) is 5.92 Å². The van der Waals surface area contributed by atoms with Crippen molar-refractivity contribution in [3.05, 3.63) is 63.1 Å². The molecule has 3 nitrogen and oxygen atoms in total. The molecule has 0 radical (unpaired) electrons. The smallest absolute Gasteiger partial charge is 0.228 e. The minimum Gasteiger partial charge on any atom is -0.326 e. The van der Waals surface area contributed by atoms with E-state index in [2.05, 4.69) is 28.8 Å². The van der Waals surface area contributed by atoms with Crippen LogP contribution in [0.1, 0.15) is 41.9 Å². The third-order valence-corrected chi connectivity index (χ3v) is 6.10. The third kappa shape index (κ3) is 3.62. The number of halogens is 2. The van der Waals surface area contributed by atoms with Gasteiger partial charge in [-0.3, -0.25) is 4.79 Å². The Morgan fingerprint density at radius 2 is 1.96 bits per heavy atom. The minimum absolute atomic E-state index is 0.128. The highest BCUT2D eigenvalue weighted by molar-refractivity contribution is 6.31. The fraction of sp³-hybridized carbons (Fsp3) is 0.381. The van der Waals surface area contributed by atoms with Gasteiger partial charge in [0.2, 0.25) is 5.91 Å². The van der Waals surface area contributed by atoms with E-state index in [-0.39, 0.29) is 11.8 Å². The molecule has 1 heterocycles. The van der Waals surface area contributed by atoms with Gasteiger partial charge in [-0.2, -0.15) is 0 Å². The first-order valence-electron chi connectivity index (χ1n) is 9.20. The highest BCUT2D eigenvalue weighted by Crippen LogP contribution is 2.47. The van der Waals surface area contributed by atoms with E-state index in [0.717, 1.165) is 65.6 Å². The van der Waals surface area contributed by atoms with Crippen LogP contribution in [-0.4, -0.2) is 12.5 Å². The van der Waals surface area contributed by atoms with E-state index in [9.17, 15) is 4.79 Å². The van der Waals surface area contributed by atoms with Crippen LogP contribution in [0.25, 0.3) is 0 Å². The summed E-state index contributed by atoms with van der Waals surface area (Å²) in [5.74, 6) is 0.641. The Balaban J connectivity index is 1.41. The molecule has 2 atom stereocenters. The van der Waals surface area contributed by atoms with Crippen molar-refractivity contribution < 1.29 is 4.79 Å². The van der Waals surface area contributed by atoms with E-state index < -0.39 is 0 Å². The zero-order valence-corrected chi connectivity index (χ0v) is 16.0. The summed E-state index contributed by atoms with van der Waals surface area (Å²) in [4.78, 5) is 12.3. The topological polar surface area (TPSA) is 41.1 Å². The summed E-state index contributed by atoms with van der Waals surface area (Å²) in [5, 5.41) is 8.07. The first-order chi connectivity index (χ1) is 12.6. The van der Waals surface area contributed by atoms with E-state index >= 15 is 0 Å². The first-order valence-corrected chi connectivity index (χ1v) is 9.96. The predicted molar refractivity (Wildman–Crippen MR) is 107 cm³/mol. The Bertz CT molecular complexity index is 837. The second-order valence-electron chi connectivity index (χ2n) is 7.22. The Morgan fingerprint density at radius 3 is 2.81 bits per heavy atom. The molecule has 0 spiro atoms. The van der Waals surface area contributed by atoms with Gasteiger partial charge in [-0.15, -0.1) is 0 Å². The highest BCUT2D eigenvalue weighted by Gasteiger charge is 2.39. The molecule has 2 unspecified atom stereocenters. The Labute approximate surface area is 164 Å². The monoisotopic (exact) mass is 388 g/mol. The molecule has 2 aromatic rings. The lowest BCUT2D eigenvalue weighted by Crippen LogP contribution is -2.30.